The Kier molecular flexibility index (Phi) is 6.05. The molecule has 1 aromatic rings. The molecule has 0 amide bonds. The largest absolute Gasteiger partial charge is 0.396 e. The predicted molar refractivity (Wildman–Crippen MR) is 78.0 cm³/mol. The van der Waals surface area contributed by atoms with Gasteiger partial charge in [0.05, 0.1) is 0 Å². The van der Waals surface area contributed by atoms with Crippen molar-refractivity contribution < 1.29 is 5.11 Å². The van der Waals surface area contributed by atoms with E-state index in [1.54, 1.807) is 0 Å². The minimum Gasteiger partial charge on any atom is -0.396 e. The van der Waals surface area contributed by atoms with Crippen molar-refractivity contribution in [2.45, 2.75) is 24.2 Å². The molecule has 0 bridgehead atoms. The Bertz CT molecular complexity index is 331. The monoisotopic (exact) mass is 265 g/mol. The fraction of sp³-hybridized carbons (Fsp3) is 0.600. The average molecular weight is 265 g/mol. The lowest BCUT2D eigenvalue weighted by Gasteiger charge is -2.17. The Morgan fingerprint density at radius 1 is 1.17 bits per heavy atom. The summed E-state index contributed by atoms with van der Waals surface area (Å²) in [5, 5.41) is 12.8. The second-order valence-corrected chi connectivity index (χ2v) is 6.17. The van der Waals surface area contributed by atoms with Crippen LogP contribution in [0.4, 0.5) is 0 Å². The van der Waals surface area contributed by atoms with Crippen molar-refractivity contribution >= 4 is 11.8 Å². The molecule has 1 fully saturated rings. The second kappa shape index (κ2) is 7.82. The van der Waals surface area contributed by atoms with Gasteiger partial charge in [0, 0.05) is 23.8 Å². The lowest BCUT2D eigenvalue weighted by Crippen LogP contribution is -2.28. The van der Waals surface area contributed by atoms with Gasteiger partial charge in [-0.05, 0) is 43.4 Å². The van der Waals surface area contributed by atoms with Crippen LogP contribution in [0.5, 0.6) is 0 Å². The molecule has 1 aromatic carbocycles. The van der Waals surface area contributed by atoms with Crippen molar-refractivity contribution in [3.8, 4) is 0 Å². The molecule has 1 aliphatic rings. The fourth-order valence-corrected chi connectivity index (χ4v) is 3.50. The molecule has 2 unspecified atom stereocenters. The molecule has 0 radical (unpaired) electrons. The third-order valence-electron chi connectivity index (χ3n) is 3.75. The Hall–Kier alpha value is -0.510. The molecule has 3 heteroatoms. The maximum atomic E-state index is 9.26. The molecule has 100 valence electrons. The molecular weight excluding hydrogens is 242 g/mol. The van der Waals surface area contributed by atoms with E-state index in [1.165, 1.54) is 24.2 Å². The molecule has 0 heterocycles. The molecule has 2 rings (SSSR count). The van der Waals surface area contributed by atoms with Crippen LogP contribution in [0.3, 0.4) is 0 Å². The zero-order valence-corrected chi connectivity index (χ0v) is 11.7. The Labute approximate surface area is 114 Å². The number of aliphatic hydroxyl groups is 1. The molecule has 0 aromatic heterocycles. The van der Waals surface area contributed by atoms with Crippen LogP contribution in [0.2, 0.25) is 0 Å². The molecule has 2 atom stereocenters. The first-order valence-corrected chi connectivity index (χ1v) is 7.88. The number of hydrogen-bond acceptors (Lipinski definition) is 3. The quantitative estimate of drug-likeness (QED) is 0.587. The lowest BCUT2D eigenvalue weighted by molar-refractivity contribution is 0.193. The Morgan fingerprint density at radius 3 is 2.72 bits per heavy atom. The number of thioether (sulfide) groups is 1. The molecule has 1 aliphatic carbocycles. The SMILES string of the molecule is OCC1CCCC1CNCCSc1ccccc1. The van der Waals surface area contributed by atoms with Gasteiger partial charge in [-0.25, -0.2) is 0 Å². The topological polar surface area (TPSA) is 32.3 Å². The molecule has 0 saturated heterocycles. The van der Waals surface area contributed by atoms with Gasteiger partial charge < -0.3 is 10.4 Å². The van der Waals surface area contributed by atoms with Crippen molar-refractivity contribution in [1.82, 2.24) is 5.32 Å². The minimum atomic E-state index is 0.366. The Balaban J connectivity index is 1.56. The standard InChI is InChI=1S/C15H23NOS/c17-12-14-6-4-5-13(14)11-16-9-10-18-15-7-2-1-3-8-15/h1-3,7-8,13-14,16-17H,4-6,9-12H2. The number of benzene rings is 1. The summed E-state index contributed by atoms with van der Waals surface area (Å²) in [5.74, 6) is 2.34. The molecule has 18 heavy (non-hydrogen) atoms. The fourth-order valence-electron chi connectivity index (χ4n) is 2.67. The molecule has 2 N–H and O–H groups in total. The van der Waals surface area contributed by atoms with Crippen LogP contribution in [0.1, 0.15) is 19.3 Å². The van der Waals surface area contributed by atoms with Gasteiger partial charge in [0.25, 0.3) is 0 Å². The summed E-state index contributed by atoms with van der Waals surface area (Å²) < 4.78 is 0. The van der Waals surface area contributed by atoms with Gasteiger partial charge in [-0.3, -0.25) is 0 Å². The maximum absolute atomic E-state index is 9.26. The number of hydrogen-bond donors (Lipinski definition) is 2. The first-order valence-electron chi connectivity index (χ1n) is 6.89. The van der Waals surface area contributed by atoms with E-state index in [1.807, 2.05) is 11.8 Å². The number of aliphatic hydroxyl groups excluding tert-OH is 1. The highest BCUT2D eigenvalue weighted by Gasteiger charge is 2.25. The van der Waals surface area contributed by atoms with E-state index in [0.29, 0.717) is 18.4 Å². The van der Waals surface area contributed by atoms with E-state index in [2.05, 4.69) is 35.6 Å². The van der Waals surface area contributed by atoms with Gasteiger partial charge in [-0.2, -0.15) is 0 Å². The van der Waals surface area contributed by atoms with E-state index >= 15 is 0 Å². The summed E-state index contributed by atoms with van der Waals surface area (Å²) in [5.41, 5.74) is 0. The lowest BCUT2D eigenvalue weighted by atomic mass is 9.97. The van der Waals surface area contributed by atoms with Crippen LogP contribution >= 0.6 is 11.8 Å². The third kappa shape index (κ3) is 4.30. The van der Waals surface area contributed by atoms with Crippen molar-refractivity contribution in [1.29, 1.82) is 0 Å². The molecule has 2 nitrogen and oxygen atoms in total. The molecular formula is C15H23NOS. The first-order chi connectivity index (χ1) is 8.90. The van der Waals surface area contributed by atoms with Crippen LogP contribution in [0.25, 0.3) is 0 Å². The van der Waals surface area contributed by atoms with E-state index in [0.717, 1.165) is 18.8 Å². The zero-order chi connectivity index (χ0) is 12.6. The van der Waals surface area contributed by atoms with E-state index in [9.17, 15) is 5.11 Å². The van der Waals surface area contributed by atoms with Gasteiger partial charge in [0.2, 0.25) is 0 Å². The minimum absolute atomic E-state index is 0.366. The van der Waals surface area contributed by atoms with E-state index in [4.69, 9.17) is 0 Å². The van der Waals surface area contributed by atoms with Crippen molar-refractivity contribution in [2.75, 3.05) is 25.4 Å². The van der Waals surface area contributed by atoms with Crippen molar-refractivity contribution in [3.63, 3.8) is 0 Å². The highest BCUT2D eigenvalue weighted by Crippen LogP contribution is 2.30. The average Bonchev–Trinajstić information content (AvgIpc) is 2.87. The summed E-state index contributed by atoms with van der Waals surface area (Å²) >= 11 is 1.90. The summed E-state index contributed by atoms with van der Waals surface area (Å²) in [6, 6.07) is 10.5. The normalized spacial score (nSPS) is 23.4. The van der Waals surface area contributed by atoms with Gasteiger partial charge in [0.1, 0.15) is 0 Å². The van der Waals surface area contributed by atoms with Crippen molar-refractivity contribution in [3.05, 3.63) is 30.3 Å². The zero-order valence-electron chi connectivity index (χ0n) is 10.8. The Morgan fingerprint density at radius 2 is 1.94 bits per heavy atom. The van der Waals surface area contributed by atoms with E-state index in [-0.39, 0.29) is 0 Å². The summed E-state index contributed by atoms with van der Waals surface area (Å²) in [4.78, 5) is 1.34. The number of nitrogens with one attached hydrogen (secondary N) is 1. The van der Waals surface area contributed by atoms with Gasteiger partial charge in [0.15, 0.2) is 0 Å². The van der Waals surface area contributed by atoms with Crippen LogP contribution in [0.15, 0.2) is 35.2 Å². The number of rotatable bonds is 7. The van der Waals surface area contributed by atoms with Crippen LogP contribution in [0, 0.1) is 11.8 Å². The smallest absolute Gasteiger partial charge is 0.0462 e. The highest BCUT2D eigenvalue weighted by atomic mass is 32.2. The van der Waals surface area contributed by atoms with Crippen LogP contribution in [-0.2, 0) is 0 Å². The second-order valence-electron chi connectivity index (χ2n) is 5.00. The summed E-state index contributed by atoms with van der Waals surface area (Å²) in [6.45, 7) is 2.49. The summed E-state index contributed by atoms with van der Waals surface area (Å²) in [6.07, 6.45) is 3.78. The van der Waals surface area contributed by atoms with Gasteiger partial charge >= 0.3 is 0 Å². The van der Waals surface area contributed by atoms with Gasteiger partial charge in [-0.1, -0.05) is 24.6 Å². The molecule has 0 aliphatic heterocycles. The highest BCUT2D eigenvalue weighted by molar-refractivity contribution is 7.99. The summed E-state index contributed by atoms with van der Waals surface area (Å²) in [7, 11) is 0. The van der Waals surface area contributed by atoms with Crippen LogP contribution in [-0.4, -0.2) is 30.6 Å². The third-order valence-corrected chi connectivity index (χ3v) is 4.76. The van der Waals surface area contributed by atoms with E-state index < -0.39 is 0 Å². The van der Waals surface area contributed by atoms with Crippen molar-refractivity contribution in [2.24, 2.45) is 11.8 Å². The maximum Gasteiger partial charge on any atom is 0.0462 e. The van der Waals surface area contributed by atoms with Crippen LogP contribution < -0.4 is 5.32 Å². The van der Waals surface area contributed by atoms with Gasteiger partial charge in [-0.15, -0.1) is 11.8 Å². The molecule has 0 spiro atoms. The predicted octanol–water partition coefficient (Wildman–Crippen LogP) is 2.78. The molecule has 1 saturated carbocycles. The first kappa shape index (κ1) is 13.9.